The average molecular weight is 809 g/mol. The molecule has 3 N–H and O–H groups in total. The fraction of sp³-hybridized carbons (Fsp3) is 0.487. The number of halogens is 2. The first kappa shape index (κ1) is 38.5. The van der Waals surface area contributed by atoms with Crippen LogP contribution in [0.3, 0.4) is 0 Å². The Bertz CT molecular complexity index is 2240. The second-order valence-electron chi connectivity index (χ2n) is 15.3. The lowest BCUT2D eigenvalue weighted by Gasteiger charge is -2.25. The van der Waals surface area contributed by atoms with E-state index in [9.17, 15) is 36.4 Å². The number of fused-ring (bicyclic) bond motifs is 10. The van der Waals surface area contributed by atoms with Gasteiger partial charge in [-0.25, -0.2) is 23.2 Å². The fourth-order valence-electron chi connectivity index (χ4n) is 7.54. The molecule has 0 radical (unpaired) electrons. The highest BCUT2D eigenvalue weighted by molar-refractivity contribution is 7.91. The number of alkyl carbamates (subject to hydrolysis) is 1. The van der Waals surface area contributed by atoms with Crippen LogP contribution in [0.15, 0.2) is 60.7 Å². The van der Waals surface area contributed by atoms with E-state index in [4.69, 9.17) is 24.2 Å². The number of rotatable bonds is 3. The first-order chi connectivity index (χ1) is 27.3. The summed E-state index contributed by atoms with van der Waals surface area (Å²) in [5, 5.41) is 4.65. The molecule has 3 fully saturated rings. The van der Waals surface area contributed by atoms with E-state index in [1.807, 2.05) is 12.2 Å². The van der Waals surface area contributed by atoms with Crippen LogP contribution in [-0.4, -0.2) is 102 Å². The molecule has 302 valence electrons. The van der Waals surface area contributed by atoms with Crippen molar-refractivity contribution in [3.8, 4) is 22.9 Å². The molecule has 3 aromatic rings. The second-order valence-corrected chi connectivity index (χ2v) is 17.3. The van der Waals surface area contributed by atoms with Gasteiger partial charge in [0, 0.05) is 18.0 Å². The van der Waals surface area contributed by atoms with Crippen LogP contribution in [0.4, 0.5) is 13.6 Å². The topological polar surface area (TPSA) is 195 Å². The predicted molar refractivity (Wildman–Crippen MR) is 199 cm³/mol. The third-order valence-corrected chi connectivity index (χ3v) is 12.8. The maximum atomic E-state index is 15.0. The van der Waals surface area contributed by atoms with Gasteiger partial charge in [0.05, 0.1) is 28.7 Å². The van der Waals surface area contributed by atoms with E-state index >= 15 is 0 Å². The van der Waals surface area contributed by atoms with Gasteiger partial charge in [0.15, 0.2) is 13.2 Å². The number of aromatic nitrogens is 2. The molecule has 15 nitrogen and oxygen atoms in total. The zero-order valence-electron chi connectivity index (χ0n) is 30.8. The maximum absolute atomic E-state index is 15.0. The van der Waals surface area contributed by atoms with Crippen molar-refractivity contribution in [2.24, 2.45) is 11.8 Å². The van der Waals surface area contributed by atoms with E-state index in [0.29, 0.717) is 55.1 Å². The molecule has 2 aromatic carbocycles. The van der Waals surface area contributed by atoms with Crippen molar-refractivity contribution in [3.05, 3.63) is 60.7 Å². The van der Waals surface area contributed by atoms with E-state index in [1.165, 1.54) is 17.0 Å². The van der Waals surface area contributed by atoms with Gasteiger partial charge in [0.1, 0.15) is 29.1 Å². The van der Waals surface area contributed by atoms with Crippen LogP contribution in [-0.2, 0) is 29.1 Å². The largest absolute Gasteiger partial charge is 0.487 e. The van der Waals surface area contributed by atoms with Gasteiger partial charge in [0.2, 0.25) is 27.7 Å². The van der Waals surface area contributed by atoms with Crippen LogP contribution in [0.25, 0.3) is 22.3 Å². The first-order valence-corrected chi connectivity index (χ1v) is 20.7. The summed E-state index contributed by atoms with van der Waals surface area (Å²) >= 11 is 0. The normalized spacial score (nSPS) is 28.6. The molecule has 1 aromatic heterocycles. The van der Waals surface area contributed by atoms with Gasteiger partial charge in [-0.05, 0) is 62.8 Å². The highest BCUT2D eigenvalue weighted by Crippen LogP contribution is 2.46. The lowest BCUT2D eigenvalue weighted by atomic mass is 10.0. The summed E-state index contributed by atoms with van der Waals surface area (Å²) in [4.78, 5) is 66.4. The number of ether oxygens (including phenoxy) is 3. The lowest BCUT2D eigenvalue weighted by Crippen LogP contribution is -2.55. The number of amides is 4. The molecule has 5 aliphatic rings. The Morgan fingerprint density at radius 3 is 2.49 bits per heavy atom. The summed E-state index contributed by atoms with van der Waals surface area (Å²) in [5.74, 6) is -7.25. The number of hydrogen-bond donors (Lipinski definition) is 3. The minimum atomic E-state index is -3.94. The first-order valence-electron chi connectivity index (χ1n) is 19.1. The van der Waals surface area contributed by atoms with E-state index in [-0.39, 0.29) is 43.3 Å². The van der Waals surface area contributed by atoms with Crippen LogP contribution in [0.1, 0.15) is 51.4 Å². The summed E-state index contributed by atoms with van der Waals surface area (Å²) in [6, 6.07) is 12.0. The quantitative estimate of drug-likeness (QED) is 0.327. The number of cyclic esters (lactones) is 1. The Kier molecular flexibility index (Phi) is 10.2. The average Bonchev–Trinajstić information content (AvgIpc) is 4.11. The molecule has 1 saturated heterocycles. The molecular formula is C39H42F2N6O9S. The maximum Gasteiger partial charge on any atom is 0.408 e. The molecule has 2 aliphatic carbocycles. The van der Waals surface area contributed by atoms with Crippen LogP contribution in [0.5, 0.6) is 11.6 Å². The molecular weight excluding hydrogens is 767 g/mol. The SMILES string of the molecule is O=C1N[C@H]2CCCCC/C=C/[C@@H]3C[C@]3(C(=O)NS(=O)(=O)C3CC3)NC(=O)C3CN(C[C@@H]3Oc3nc4ccccc4nc3-c3cccc(c3)OCC(F)(F)CO1)C2=O. The van der Waals surface area contributed by atoms with Crippen LogP contribution in [0.2, 0.25) is 0 Å². The minimum Gasteiger partial charge on any atom is -0.487 e. The Hall–Kier alpha value is -5.39. The molecule has 57 heavy (non-hydrogen) atoms. The fourth-order valence-corrected chi connectivity index (χ4v) is 8.91. The van der Waals surface area contributed by atoms with Crippen molar-refractivity contribution in [2.75, 3.05) is 26.3 Å². The third-order valence-electron chi connectivity index (χ3n) is 11.0. The number of benzene rings is 2. The molecule has 4 heterocycles. The smallest absolute Gasteiger partial charge is 0.408 e. The number of allylic oxidation sites excluding steroid dienone is 1. The molecule has 3 aliphatic heterocycles. The molecule has 5 atom stereocenters. The van der Waals surface area contributed by atoms with Gasteiger partial charge < -0.3 is 29.7 Å². The van der Waals surface area contributed by atoms with Gasteiger partial charge in [0.25, 0.3) is 5.91 Å². The van der Waals surface area contributed by atoms with Gasteiger partial charge in [-0.15, -0.1) is 0 Å². The monoisotopic (exact) mass is 808 g/mol. The zero-order chi connectivity index (χ0) is 40.0. The summed E-state index contributed by atoms with van der Waals surface area (Å²) < 4.78 is 74.8. The third kappa shape index (κ3) is 8.36. The molecule has 0 spiro atoms. The van der Waals surface area contributed by atoms with E-state index in [0.717, 1.165) is 0 Å². The van der Waals surface area contributed by atoms with Crippen molar-refractivity contribution < 1.29 is 50.6 Å². The number of para-hydroxylation sites is 2. The standard InChI is InChI=1S/C39H42F2N6O9S/c40-38(41)21-54-25-11-8-9-23(17-25)32-34(43-29-13-7-6-12-28(29)42-32)56-31-20-47-19-27(31)33(48)45-39(36(50)46-57(52,53)26-15-16-26)18-24(39)10-4-2-1-3-5-14-30(35(47)49)44-37(51)55-22-38/h4,6-13,17,24,26-27,30-31H,1-3,5,14-16,18-22H2,(H,44,51)(H,45,48)(H,46,50)/b10-4+/t24-,27?,30+,31+,39+/m1/s1. The second kappa shape index (κ2) is 15.2. The number of hydrogen-bond acceptors (Lipinski definition) is 11. The summed E-state index contributed by atoms with van der Waals surface area (Å²) in [7, 11) is -3.94. The van der Waals surface area contributed by atoms with Crippen molar-refractivity contribution in [2.45, 2.75) is 80.2 Å². The number of nitrogens with zero attached hydrogens (tertiary/aromatic N) is 3. The molecule has 1 unspecified atom stereocenters. The van der Waals surface area contributed by atoms with E-state index in [2.05, 4.69) is 15.4 Å². The number of sulfonamides is 1. The van der Waals surface area contributed by atoms with Crippen molar-refractivity contribution in [1.82, 2.24) is 30.2 Å². The Morgan fingerprint density at radius 1 is 0.930 bits per heavy atom. The molecule has 18 heteroatoms. The molecule has 8 rings (SSSR count). The summed E-state index contributed by atoms with van der Waals surface area (Å²) in [5.41, 5.74) is -0.0292. The number of nitrogens with one attached hydrogen (secondary N) is 3. The van der Waals surface area contributed by atoms with E-state index < -0.39 is 87.7 Å². The van der Waals surface area contributed by atoms with Gasteiger partial charge >= 0.3 is 12.0 Å². The van der Waals surface area contributed by atoms with Crippen molar-refractivity contribution >= 4 is 44.9 Å². The number of carbonyl (C=O) groups is 4. The van der Waals surface area contributed by atoms with Gasteiger partial charge in [-0.1, -0.05) is 49.3 Å². The summed E-state index contributed by atoms with van der Waals surface area (Å²) in [6.45, 7) is -2.82. The van der Waals surface area contributed by atoms with E-state index in [1.54, 1.807) is 36.4 Å². The van der Waals surface area contributed by atoms with Crippen molar-refractivity contribution in [3.63, 3.8) is 0 Å². The minimum absolute atomic E-state index is 0.0197. The highest BCUT2D eigenvalue weighted by atomic mass is 32.2. The van der Waals surface area contributed by atoms with Gasteiger partial charge in [-0.3, -0.25) is 19.1 Å². The Balaban J connectivity index is 1.19. The summed E-state index contributed by atoms with van der Waals surface area (Å²) in [6.07, 6.45) is 4.98. The Morgan fingerprint density at radius 2 is 1.70 bits per heavy atom. The zero-order valence-corrected chi connectivity index (χ0v) is 31.6. The molecule has 2 saturated carbocycles. The van der Waals surface area contributed by atoms with Crippen molar-refractivity contribution in [1.29, 1.82) is 0 Å². The predicted octanol–water partition coefficient (Wildman–Crippen LogP) is 3.63. The van der Waals surface area contributed by atoms with Gasteiger partial charge in [-0.2, -0.15) is 8.78 Å². The molecule has 4 amide bonds. The van der Waals surface area contributed by atoms with Crippen LogP contribution in [0, 0.1) is 11.8 Å². The molecule has 6 bridgehead atoms. The van der Waals surface area contributed by atoms with Crippen LogP contribution < -0.4 is 24.8 Å². The van der Waals surface area contributed by atoms with Crippen LogP contribution >= 0.6 is 0 Å². The number of alkyl halides is 2. The number of carbonyl (C=O) groups excluding carboxylic acids is 4. The Labute approximate surface area is 327 Å². The lowest BCUT2D eigenvalue weighted by molar-refractivity contribution is -0.134. The highest BCUT2D eigenvalue weighted by Gasteiger charge is 2.62.